The highest BCUT2D eigenvalue weighted by Crippen LogP contribution is 2.39. The molecule has 2 heterocycles. The van der Waals surface area contributed by atoms with Crippen molar-refractivity contribution < 1.29 is 19.0 Å². The molecule has 118 valence electrons. The Morgan fingerprint density at radius 1 is 1.36 bits per heavy atom. The molecule has 2 aromatic rings. The molecule has 1 aromatic heterocycles. The van der Waals surface area contributed by atoms with Gasteiger partial charge < -0.3 is 19.1 Å². The largest absolute Gasteiger partial charge is 0.494 e. The van der Waals surface area contributed by atoms with Crippen LogP contribution in [0.2, 0.25) is 0 Å². The molecule has 0 bridgehead atoms. The number of benzene rings is 1. The molecule has 7 nitrogen and oxygen atoms in total. The van der Waals surface area contributed by atoms with Crippen molar-refractivity contribution in [3.63, 3.8) is 0 Å². The maximum Gasteiger partial charge on any atom is 0.413 e. The molecule has 1 fully saturated rings. The van der Waals surface area contributed by atoms with E-state index in [-0.39, 0.29) is 0 Å². The number of carbonyl (C=O) groups is 1. The summed E-state index contributed by atoms with van der Waals surface area (Å²) in [6.07, 6.45) is -0.536. The smallest absolute Gasteiger partial charge is 0.413 e. The number of morpholine rings is 1. The number of anilines is 2. The summed E-state index contributed by atoms with van der Waals surface area (Å²) in [6, 6.07) is 3.92. The van der Waals surface area contributed by atoms with E-state index in [1.54, 1.807) is 7.11 Å². The van der Waals surface area contributed by atoms with Crippen molar-refractivity contribution in [2.75, 3.05) is 50.7 Å². The van der Waals surface area contributed by atoms with E-state index >= 15 is 0 Å². The van der Waals surface area contributed by atoms with Crippen LogP contribution in [0.15, 0.2) is 12.1 Å². The molecular formula is C14H17N3O4S. The number of ether oxygens (including phenoxy) is 3. The van der Waals surface area contributed by atoms with E-state index < -0.39 is 6.09 Å². The number of amides is 1. The molecule has 22 heavy (non-hydrogen) atoms. The summed E-state index contributed by atoms with van der Waals surface area (Å²) in [7, 11) is 2.93. The van der Waals surface area contributed by atoms with E-state index in [0.29, 0.717) is 24.1 Å². The second kappa shape index (κ2) is 6.37. The zero-order valence-corrected chi connectivity index (χ0v) is 13.2. The number of carbonyl (C=O) groups excluding carboxylic acids is 1. The molecule has 3 rings (SSSR count). The summed E-state index contributed by atoms with van der Waals surface area (Å²) in [5, 5.41) is 3.10. The van der Waals surface area contributed by atoms with E-state index in [4.69, 9.17) is 9.47 Å². The Balaban J connectivity index is 2.03. The lowest BCUT2D eigenvalue weighted by Crippen LogP contribution is -2.36. The fourth-order valence-corrected chi connectivity index (χ4v) is 3.39. The van der Waals surface area contributed by atoms with Gasteiger partial charge in [0.25, 0.3) is 0 Å². The van der Waals surface area contributed by atoms with Crippen LogP contribution in [0.4, 0.5) is 15.6 Å². The van der Waals surface area contributed by atoms with Gasteiger partial charge in [-0.05, 0) is 12.1 Å². The number of aromatic nitrogens is 1. The van der Waals surface area contributed by atoms with Crippen LogP contribution in [0.3, 0.4) is 0 Å². The van der Waals surface area contributed by atoms with Gasteiger partial charge in [-0.1, -0.05) is 11.3 Å². The molecule has 1 aliphatic rings. The van der Waals surface area contributed by atoms with E-state index in [9.17, 15) is 4.79 Å². The first-order valence-electron chi connectivity index (χ1n) is 6.88. The molecule has 8 heteroatoms. The molecule has 0 aliphatic carbocycles. The molecule has 0 unspecified atom stereocenters. The quantitative estimate of drug-likeness (QED) is 0.934. The minimum Gasteiger partial charge on any atom is -0.494 e. The lowest BCUT2D eigenvalue weighted by molar-refractivity contribution is 0.123. The Morgan fingerprint density at radius 2 is 2.14 bits per heavy atom. The number of rotatable bonds is 3. The molecular weight excluding hydrogens is 306 g/mol. The van der Waals surface area contributed by atoms with E-state index in [1.807, 2.05) is 12.1 Å². The molecule has 0 saturated carbocycles. The Bertz CT molecular complexity index is 682. The number of nitrogens with zero attached hydrogens (tertiary/aromatic N) is 2. The van der Waals surface area contributed by atoms with Crippen LogP contribution >= 0.6 is 11.3 Å². The number of nitrogens with one attached hydrogen (secondary N) is 1. The molecule has 1 amide bonds. The van der Waals surface area contributed by atoms with Gasteiger partial charge in [-0.25, -0.2) is 9.78 Å². The third kappa shape index (κ3) is 2.79. The van der Waals surface area contributed by atoms with Crippen LogP contribution in [0, 0.1) is 0 Å². The van der Waals surface area contributed by atoms with Crippen molar-refractivity contribution in [2.24, 2.45) is 0 Å². The maximum atomic E-state index is 11.4. The summed E-state index contributed by atoms with van der Waals surface area (Å²) in [6.45, 7) is 3.08. The highest BCUT2D eigenvalue weighted by Gasteiger charge is 2.19. The van der Waals surface area contributed by atoms with Crippen LogP contribution in [-0.4, -0.2) is 51.6 Å². The first kappa shape index (κ1) is 14.9. The van der Waals surface area contributed by atoms with Gasteiger partial charge in [0, 0.05) is 13.1 Å². The number of methoxy groups -OCH3 is 2. The van der Waals surface area contributed by atoms with Crippen LogP contribution < -0.4 is 15.0 Å². The molecule has 1 aromatic carbocycles. The Kier molecular flexibility index (Phi) is 4.30. The fraction of sp³-hybridized carbons (Fsp3) is 0.429. The zero-order chi connectivity index (χ0) is 15.5. The normalized spacial score (nSPS) is 14.9. The summed E-state index contributed by atoms with van der Waals surface area (Å²) in [4.78, 5) is 18.1. The van der Waals surface area contributed by atoms with Gasteiger partial charge in [0.1, 0.15) is 11.3 Å². The first-order valence-corrected chi connectivity index (χ1v) is 7.69. The van der Waals surface area contributed by atoms with Crippen molar-refractivity contribution in [1.29, 1.82) is 0 Å². The van der Waals surface area contributed by atoms with Gasteiger partial charge in [0.05, 0.1) is 37.8 Å². The van der Waals surface area contributed by atoms with E-state index in [0.717, 1.165) is 29.0 Å². The van der Waals surface area contributed by atoms with Gasteiger partial charge in [-0.3, -0.25) is 5.32 Å². The van der Waals surface area contributed by atoms with Gasteiger partial charge in [-0.15, -0.1) is 0 Å². The predicted molar refractivity (Wildman–Crippen MR) is 85.2 cm³/mol. The van der Waals surface area contributed by atoms with Crippen LogP contribution in [0.5, 0.6) is 5.75 Å². The standard InChI is InChI=1S/C14H17N3O4S/c1-19-10-4-3-9(17-5-7-21-8-6-17)12-11(10)15-13(22-12)16-14(18)20-2/h3-4H,5-8H2,1-2H3,(H,15,16,18). The first-order chi connectivity index (χ1) is 10.7. The Hall–Kier alpha value is -2.06. The topological polar surface area (TPSA) is 72.9 Å². The van der Waals surface area contributed by atoms with Crippen molar-refractivity contribution >= 4 is 38.5 Å². The maximum absolute atomic E-state index is 11.4. The van der Waals surface area contributed by atoms with E-state index in [2.05, 4.69) is 19.9 Å². The summed E-state index contributed by atoms with van der Waals surface area (Å²) in [5.74, 6) is 0.682. The molecule has 1 N–H and O–H groups in total. The summed E-state index contributed by atoms with van der Waals surface area (Å²) in [5.41, 5.74) is 1.82. The zero-order valence-electron chi connectivity index (χ0n) is 12.4. The van der Waals surface area contributed by atoms with Crippen LogP contribution in [0.25, 0.3) is 10.2 Å². The van der Waals surface area contributed by atoms with Crippen LogP contribution in [0.1, 0.15) is 0 Å². The molecule has 1 saturated heterocycles. The lowest BCUT2D eigenvalue weighted by atomic mass is 10.2. The van der Waals surface area contributed by atoms with Crippen molar-refractivity contribution in [3.05, 3.63) is 12.1 Å². The molecule has 0 spiro atoms. The number of thiazole rings is 1. The SMILES string of the molecule is COC(=O)Nc1nc2c(OC)ccc(N3CCOCC3)c2s1. The predicted octanol–water partition coefficient (Wildman–Crippen LogP) is 2.32. The second-order valence-electron chi connectivity index (χ2n) is 4.70. The van der Waals surface area contributed by atoms with E-state index in [1.165, 1.54) is 18.4 Å². The van der Waals surface area contributed by atoms with Crippen molar-refractivity contribution in [2.45, 2.75) is 0 Å². The average Bonchev–Trinajstić information content (AvgIpc) is 2.97. The molecule has 0 radical (unpaired) electrons. The van der Waals surface area contributed by atoms with Gasteiger partial charge >= 0.3 is 6.09 Å². The Morgan fingerprint density at radius 3 is 2.82 bits per heavy atom. The Labute approximate surface area is 131 Å². The van der Waals surface area contributed by atoms with Gasteiger partial charge in [0.2, 0.25) is 0 Å². The third-order valence-electron chi connectivity index (χ3n) is 3.45. The van der Waals surface area contributed by atoms with Crippen molar-refractivity contribution in [3.8, 4) is 5.75 Å². The highest BCUT2D eigenvalue weighted by molar-refractivity contribution is 7.23. The fourth-order valence-electron chi connectivity index (χ4n) is 2.38. The lowest BCUT2D eigenvalue weighted by Gasteiger charge is -2.29. The van der Waals surface area contributed by atoms with Gasteiger partial charge in [0.15, 0.2) is 5.13 Å². The molecule has 1 aliphatic heterocycles. The average molecular weight is 323 g/mol. The number of fused-ring (bicyclic) bond motifs is 1. The second-order valence-corrected chi connectivity index (χ2v) is 5.70. The minimum absolute atomic E-state index is 0.487. The summed E-state index contributed by atoms with van der Waals surface area (Å²) >= 11 is 1.41. The van der Waals surface area contributed by atoms with Gasteiger partial charge in [-0.2, -0.15) is 0 Å². The monoisotopic (exact) mass is 323 g/mol. The molecule has 0 atom stereocenters. The number of hydrogen-bond acceptors (Lipinski definition) is 7. The summed E-state index contributed by atoms with van der Waals surface area (Å²) < 4.78 is 16.4. The third-order valence-corrected chi connectivity index (χ3v) is 4.45. The highest BCUT2D eigenvalue weighted by atomic mass is 32.1. The minimum atomic E-state index is -0.536. The van der Waals surface area contributed by atoms with Crippen molar-refractivity contribution in [1.82, 2.24) is 4.98 Å². The number of hydrogen-bond donors (Lipinski definition) is 1. The van der Waals surface area contributed by atoms with Crippen LogP contribution in [-0.2, 0) is 9.47 Å².